The summed E-state index contributed by atoms with van der Waals surface area (Å²) in [5.41, 5.74) is 11.3. The predicted molar refractivity (Wildman–Crippen MR) is 258 cm³/mol. The van der Waals surface area contributed by atoms with E-state index in [1.54, 1.807) is 0 Å². The first-order chi connectivity index (χ1) is 31.3. The summed E-state index contributed by atoms with van der Waals surface area (Å²) in [6.45, 7) is 0. The van der Waals surface area contributed by atoms with Crippen molar-refractivity contribution in [2.45, 2.75) is 5.41 Å². The fourth-order valence-electron chi connectivity index (χ4n) is 9.75. The van der Waals surface area contributed by atoms with Gasteiger partial charge in [0.25, 0.3) is 0 Å². The van der Waals surface area contributed by atoms with Crippen molar-refractivity contribution in [1.82, 2.24) is 24.1 Å². The summed E-state index contributed by atoms with van der Waals surface area (Å²) in [6.07, 6.45) is 0. The van der Waals surface area contributed by atoms with Crippen LogP contribution < -0.4 is 0 Å². The number of nitrogens with zero attached hydrogens (tertiary/aromatic N) is 5. The highest BCUT2D eigenvalue weighted by molar-refractivity contribution is 6.19. The number of hydrogen-bond acceptors (Lipinski definition) is 3. The van der Waals surface area contributed by atoms with E-state index in [0.717, 1.165) is 55.2 Å². The summed E-state index contributed by atoms with van der Waals surface area (Å²) in [4.78, 5) is 15.7. The minimum atomic E-state index is -0.631. The van der Waals surface area contributed by atoms with E-state index >= 15 is 0 Å². The number of fused-ring (bicyclic) bond motifs is 6. The third kappa shape index (κ3) is 5.89. The van der Waals surface area contributed by atoms with Crippen LogP contribution in [0.15, 0.2) is 237 Å². The summed E-state index contributed by atoms with van der Waals surface area (Å²) in [5, 5.41) is 4.59. The Morgan fingerprint density at radius 3 is 1.27 bits per heavy atom. The van der Waals surface area contributed by atoms with Crippen molar-refractivity contribution in [2.24, 2.45) is 0 Å². The molecule has 3 heterocycles. The van der Waals surface area contributed by atoms with Crippen molar-refractivity contribution in [3.63, 3.8) is 0 Å². The maximum Gasteiger partial charge on any atom is 0.238 e. The SMILES string of the molecule is c1ccc(-c2nc(-c3ccccc3)nc(-n3c4ccc(C(c5ccccc5)(c5ccccc5)c5ccccc5)cc4c4cc5c6ccccc6n(-c6ccccc6)c5cc43)n2)cc1. The molecule has 9 aromatic carbocycles. The Morgan fingerprint density at radius 2 is 0.714 bits per heavy atom. The van der Waals surface area contributed by atoms with Crippen LogP contribution in [0, 0.1) is 0 Å². The molecule has 0 spiro atoms. The fraction of sp³-hybridized carbons (Fsp3) is 0.0172. The summed E-state index contributed by atoms with van der Waals surface area (Å²) in [5.74, 6) is 1.78. The molecule has 296 valence electrons. The van der Waals surface area contributed by atoms with Gasteiger partial charge in [0.15, 0.2) is 11.6 Å². The minimum Gasteiger partial charge on any atom is -0.309 e. The first kappa shape index (κ1) is 36.4. The quantitative estimate of drug-likeness (QED) is 0.144. The van der Waals surface area contributed by atoms with Crippen LogP contribution in [0.2, 0.25) is 0 Å². The molecule has 0 atom stereocenters. The Balaban J connectivity index is 1.23. The molecule has 0 saturated carbocycles. The number of hydrogen-bond donors (Lipinski definition) is 0. The maximum absolute atomic E-state index is 5.32. The number of benzene rings is 9. The highest BCUT2D eigenvalue weighted by atomic mass is 15.2. The standard InChI is InChI=1S/C58H39N5/c1-7-21-40(22-8-1)55-59-56(41-23-9-2-10-24-41)61-57(60-55)63-52-36-35-45(58(42-25-11-3-12-26-42,43-27-13-4-14-28-43)44-29-15-5-16-30-44)37-48(52)50-38-49-47-33-19-20-34-51(47)62(53(49)39-54(50)63)46-31-17-6-18-32-46/h1-39H. The van der Waals surface area contributed by atoms with Gasteiger partial charge in [-0.25, -0.2) is 4.98 Å². The summed E-state index contributed by atoms with van der Waals surface area (Å²) in [6, 6.07) is 84.2. The lowest BCUT2D eigenvalue weighted by Gasteiger charge is -2.37. The van der Waals surface area contributed by atoms with E-state index in [0.29, 0.717) is 17.6 Å². The van der Waals surface area contributed by atoms with Crippen LogP contribution >= 0.6 is 0 Å². The molecule has 3 aromatic heterocycles. The predicted octanol–water partition coefficient (Wildman–Crippen LogP) is 13.8. The number of rotatable bonds is 8. The molecule has 0 fully saturated rings. The maximum atomic E-state index is 5.32. The Labute approximate surface area is 364 Å². The molecule has 63 heavy (non-hydrogen) atoms. The normalized spacial score (nSPS) is 11.8. The van der Waals surface area contributed by atoms with E-state index in [-0.39, 0.29) is 0 Å². The second kappa shape index (κ2) is 14.9. The van der Waals surface area contributed by atoms with Gasteiger partial charge in [-0.3, -0.25) is 4.57 Å². The number of para-hydroxylation sites is 2. The van der Waals surface area contributed by atoms with Gasteiger partial charge in [0.1, 0.15) is 0 Å². The molecule has 0 aliphatic carbocycles. The molecular formula is C58H39N5. The zero-order chi connectivity index (χ0) is 41.7. The van der Waals surface area contributed by atoms with Crippen molar-refractivity contribution < 1.29 is 0 Å². The lowest BCUT2D eigenvalue weighted by Crippen LogP contribution is -2.30. The second-order valence-electron chi connectivity index (χ2n) is 16.0. The van der Waals surface area contributed by atoms with E-state index in [1.165, 1.54) is 27.5 Å². The molecule has 0 aliphatic rings. The Morgan fingerprint density at radius 1 is 0.286 bits per heavy atom. The zero-order valence-electron chi connectivity index (χ0n) is 34.3. The lowest BCUT2D eigenvalue weighted by molar-refractivity contribution is 0.746. The average Bonchev–Trinajstić information content (AvgIpc) is 3.86. The summed E-state index contributed by atoms with van der Waals surface area (Å²) >= 11 is 0. The molecule has 5 heteroatoms. The summed E-state index contributed by atoms with van der Waals surface area (Å²) < 4.78 is 4.62. The van der Waals surface area contributed by atoms with Crippen molar-refractivity contribution >= 4 is 43.6 Å². The van der Waals surface area contributed by atoms with Gasteiger partial charge in [-0.1, -0.05) is 194 Å². The Bertz CT molecular complexity index is 3430. The van der Waals surface area contributed by atoms with Gasteiger partial charge in [0.2, 0.25) is 5.95 Å². The van der Waals surface area contributed by atoms with Crippen LogP contribution in [0.25, 0.3) is 78.0 Å². The molecule has 0 aliphatic heterocycles. The molecule has 12 rings (SSSR count). The average molecular weight is 806 g/mol. The van der Waals surface area contributed by atoms with Crippen LogP contribution in [-0.2, 0) is 5.41 Å². The summed E-state index contributed by atoms with van der Waals surface area (Å²) in [7, 11) is 0. The fourth-order valence-corrected chi connectivity index (χ4v) is 9.75. The van der Waals surface area contributed by atoms with Crippen LogP contribution in [0.5, 0.6) is 0 Å². The van der Waals surface area contributed by atoms with Crippen LogP contribution in [0.3, 0.4) is 0 Å². The molecule has 0 radical (unpaired) electrons. The topological polar surface area (TPSA) is 48.5 Å². The van der Waals surface area contributed by atoms with Gasteiger partial charge < -0.3 is 4.57 Å². The van der Waals surface area contributed by atoms with Crippen LogP contribution in [0.1, 0.15) is 22.3 Å². The largest absolute Gasteiger partial charge is 0.309 e. The molecule has 12 aromatic rings. The van der Waals surface area contributed by atoms with Gasteiger partial charge in [0, 0.05) is 38.4 Å². The van der Waals surface area contributed by atoms with Crippen molar-refractivity contribution in [2.75, 3.05) is 0 Å². The van der Waals surface area contributed by atoms with E-state index < -0.39 is 5.41 Å². The smallest absolute Gasteiger partial charge is 0.238 e. The third-order valence-corrected chi connectivity index (χ3v) is 12.5. The van der Waals surface area contributed by atoms with Crippen molar-refractivity contribution in [3.8, 4) is 34.4 Å². The third-order valence-electron chi connectivity index (χ3n) is 12.5. The van der Waals surface area contributed by atoms with Gasteiger partial charge in [-0.15, -0.1) is 0 Å². The highest BCUT2D eigenvalue weighted by Gasteiger charge is 2.39. The van der Waals surface area contributed by atoms with Gasteiger partial charge in [-0.2, -0.15) is 9.97 Å². The van der Waals surface area contributed by atoms with E-state index in [2.05, 4.69) is 209 Å². The van der Waals surface area contributed by atoms with Crippen LogP contribution in [0.4, 0.5) is 0 Å². The van der Waals surface area contributed by atoms with E-state index in [1.807, 2.05) is 36.4 Å². The first-order valence-corrected chi connectivity index (χ1v) is 21.4. The molecule has 0 amide bonds. The molecule has 0 saturated heterocycles. The van der Waals surface area contributed by atoms with Gasteiger partial charge in [-0.05, 0) is 64.7 Å². The van der Waals surface area contributed by atoms with Gasteiger partial charge >= 0.3 is 0 Å². The Hall–Kier alpha value is -8.41. The zero-order valence-corrected chi connectivity index (χ0v) is 34.3. The van der Waals surface area contributed by atoms with Gasteiger partial charge in [0.05, 0.1) is 27.5 Å². The molecule has 0 N–H and O–H groups in total. The van der Waals surface area contributed by atoms with Crippen molar-refractivity contribution in [1.29, 1.82) is 0 Å². The van der Waals surface area contributed by atoms with Crippen LogP contribution in [-0.4, -0.2) is 24.1 Å². The lowest BCUT2D eigenvalue weighted by atomic mass is 9.65. The molecular weight excluding hydrogens is 767 g/mol. The first-order valence-electron chi connectivity index (χ1n) is 21.4. The molecule has 0 bridgehead atoms. The van der Waals surface area contributed by atoms with E-state index in [9.17, 15) is 0 Å². The monoisotopic (exact) mass is 805 g/mol. The highest BCUT2D eigenvalue weighted by Crippen LogP contribution is 2.47. The van der Waals surface area contributed by atoms with Crippen molar-refractivity contribution in [3.05, 3.63) is 259 Å². The van der Waals surface area contributed by atoms with E-state index in [4.69, 9.17) is 15.0 Å². The molecule has 5 nitrogen and oxygen atoms in total. The molecule has 0 unspecified atom stereocenters. The number of aromatic nitrogens is 5. The second-order valence-corrected chi connectivity index (χ2v) is 16.0. The Kier molecular flexibility index (Phi) is 8.64. The minimum absolute atomic E-state index is 0.553.